The second-order valence-electron chi connectivity index (χ2n) is 2.54. The molecular weight excluding hydrogens is 355 g/mol. The third-order valence-corrected chi connectivity index (χ3v) is 0.167. The maximum Gasteiger partial charge on any atom is 3.00 e. The summed E-state index contributed by atoms with van der Waals surface area (Å²) >= 11 is 0. The van der Waals surface area contributed by atoms with Gasteiger partial charge in [0.25, 0.3) is 0 Å². The summed E-state index contributed by atoms with van der Waals surface area (Å²) in [5.41, 5.74) is 9.81. The zero-order chi connectivity index (χ0) is 17.7. The van der Waals surface area contributed by atoms with Crippen LogP contribution in [0.15, 0.2) is 0 Å². The SMILES string of the molecule is CC(=O)[O-].CC(=O)[O-].CC(=O)[O-].CC(=O)[O-].NCCN.[Fe+3].[Na+]. The van der Waals surface area contributed by atoms with Gasteiger partial charge in [-0.1, -0.05) is 0 Å². The first-order valence-electron chi connectivity index (χ1n) is 4.95. The molecule has 0 heterocycles. The topological polar surface area (TPSA) is 213 Å². The van der Waals surface area contributed by atoms with Crippen molar-refractivity contribution >= 4 is 23.9 Å². The van der Waals surface area contributed by atoms with Crippen molar-refractivity contribution < 1.29 is 86.2 Å². The first-order valence-corrected chi connectivity index (χ1v) is 4.95. The van der Waals surface area contributed by atoms with Crippen LogP contribution in [0.4, 0.5) is 0 Å². The molecule has 0 rings (SSSR count). The van der Waals surface area contributed by atoms with Gasteiger partial charge in [-0.15, -0.1) is 0 Å². The predicted octanol–water partition coefficient (Wildman–Crippen LogP) is -9.07. The van der Waals surface area contributed by atoms with Gasteiger partial charge in [-0.3, -0.25) is 0 Å². The maximum absolute atomic E-state index is 8.89. The number of carbonyl (C=O) groups is 4. The van der Waals surface area contributed by atoms with E-state index in [1.54, 1.807) is 0 Å². The first kappa shape index (κ1) is 42.9. The maximum atomic E-state index is 8.89. The minimum Gasteiger partial charge on any atom is -0.550 e. The average Bonchev–Trinajstić information content (AvgIpc) is 2.13. The Bertz CT molecular complexity index is 201. The monoisotopic (exact) mass is 375 g/mol. The predicted molar refractivity (Wildman–Crippen MR) is 60.8 cm³/mol. The molecule has 4 N–H and O–H groups in total. The summed E-state index contributed by atoms with van der Waals surface area (Å²) < 4.78 is 0. The van der Waals surface area contributed by atoms with Crippen LogP contribution in [-0.4, -0.2) is 37.0 Å². The Hall–Kier alpha value is -0.681. The number of carboxylic acids is 4. The minimum absolute atomic E-state index is 0. The molecule has 127 valence electrons. The molecule has 0 aliphatic carbocycles. The molecule has 0 unspecified atom stereocenters. The summed E-state index contributed by atoms with van der Waals surface area (Å²) in [4.78, 5) is 35.6. The second kappa shape index (κ2) is 42.7. The van der Waals surface area contributed by atoms with Crippen LogP contribution in [0.3, 0.4) is 0 Å². The number of hydrogen-bond acceptors (Lipinski definition) is 10. The van der Waals surface area contributed by atoms with Gasteiger partial charge in [0.05, 0.1) is 0 Å². The number of hydrogen-bond donors (Lipinski definition) is 2. The normalized spacial score (nSPS) is 5.91. The van der Waals surface area contributed by atoms with E-state index in [0.29, 0.717) is 13.1 Å². The van der Waals surface area contributed by atoms with E-state index in [-0.39, 0.29) is 46.6 Å². The minimum atomic E-state index is -1.08. The van der Waals surface area contributed by atoms with Crippen molar-refractivity contribution in [3.05, 3.63) is 0 Å². The molecule has 0 saturated heterocycles. The van der Waals surface area contributed by atoms with Gasteiger partial charge >= 0.3 is 46.6 Å². The van der Waals surface area contributed by atoms with Gasteiger partial charge in [0, 0.05) is 37.0 Å². The molecule has 1 radical (unpaired) electrons. The molecule has 0 aromatic rings. The Morgan fingerprint density at radius 2 is 0.682 bits per heavy atom. The Morgan fingerprint density at radius 3 is 0.682 bits per heavy atom. The largest absolute Gasteiger partial charge is 3.00 e. The number of aliphatic carboxylic acids is 4. The fraction of sp³-hybridized carbons (Fsp3) is 0.600. The van der Waals surface area contributed by atoms with Crippen LogP contribution in [0.1, 0.15) is 27.7 Å². The van der Waals surface area contributed by atoms with Crippen molar-refractivity contribution in [3.8, 4) is 0 Å². The van der Waals surface area contributed by atoms with Gasteiger partial charge in [0.1, 0.15) is 0 Å². The van der Waals surface area contributed by atoms with Crippen molar-refractivity contribution in [1.29, 1.82) is 0 Å². The molecule has 0 bridgehead atoms. The number of carboxylic acid groups (broad SMARTS) is 4. The third kappa shape index (κ3) is 63500. The van der Waals surface area contributed by atoms with Gasteiger partial charge in [-0.05, 0) is 27.7 Å². The molecule has 0 aliphatic heterocycles. The number of rotatable bonds is 1. The van der Waals surface area contributed by atoms with E-state index < -0.39 is 23.9 Å². The molecule has 0 saturated carbocycles. The summed E-state index contributed by atoms with van der Waals surface area (Å²) in [7, 11) is 0. The molecule has 22 heavy (non-hydrogen) atoms. The van der Waals surface area contributed by atoms with Crippen LogP contribution < -0.4 is 61.5 Å². The van der Waals surface area contributed by atoms with E-state index in [1.807, 2.05) is 0 Å². The Labute approximate surface area is 162 Å². The Morgan fingerprint density at radius 1 is 0.636 bits per heavy atom. The van der Waals surface area contributed by atoms with Gasteiger partial charge in [0.2, 0.25) is 0 Å². The molecule has 0 amide bonds. The van der Waals surface area contributed by atoms with Crippen LogP contribution in [0.25, 0.3) is 0 Å². The molecule has 0 aromatic carbocycles. The number of carbonyl (C=O) groups excluding carboxylic acids is 4. The van der Waals surface area contributed by atoms with Crippen LogP contribution in [-0.2, 0) is 36.2 Å². The van der Waals surface area contributed by atoms with Gasteiger partial charge in [-0.2, -0.15) is 0 Å². The summed E-state index contributed by atoms with van der Waals surface area (Å²) in [6, 6.07) is 0. The van der Waals surface area contributed by atoms with Gasteiger partial charge in [0.15, 0.2) is 0 Å². The van der Waals surface area contributed by atoms with Gasteiger partial charge in [-0.25, -0.2) is 0 Å². The van der Waals surface area contributed by atoms with E-state index in [1.165, 1.54) is 0 Å². The summed E-state index contributed by atoms with van der Waals surface area (Å²) in [6.07, 6.45) is 0. The molecule has 12 heteroatoms. The molecule has 0 aliphatic rings. The molecule has 0 atom stereocenters. The van der Waals surface area contributed by atoms with E-state index >= 15 is 0 Å². The average molecular weight is 375 g/mol. The smallest absolute Gasteiger partial charge is 0.550 e. The fourth-order valence-electron chi connectivity index (χ4n) is 0. The zero-order valence-electron chi connectivity index (χ0n) is 13.2. The number of nitrogens with two attached hydrogens (primary N) is 2. The van der Waals surface area contributed by atoms with Crippen LogP contribution >= 0.6 is 0 Å². The van der Waals surface area contributed by atoms with Crippen molar-refractivity contribution in [2.45, 2.75) is 27.7 Å². The Kier molecular flexibility index (Phi) is 83.4. The van der Waals surface area contributed by atoms with E-state index in [2.05, 4.69) is 0 Å². The third-order valence-electron chi connectivity index (χ3n) is 0.167. The van der Waals surface area contributed by atoms with E-state index in [0.717, 1.165) is 27.7 Å². The summed E-state index contributed by atoms with van der Waals surface area (Å²) in [5.74, 6) is -4.33. The quantitative estimate of drug-likeness (QED) is 0.413. The van der Waals surface area contributed by atoms with Crippen molar-refractivity contribution in [1.82, 2.24) is 0 Å². The zero-order valence-corrected chi connectivity index (χ0v) is 16.3. The van der Waals surface area contributed by atoms with E-state index in [9.17, 15) is 0 Å². The van der Waals surface area contributed by atoms with Gasteiger partial charge < -0.3 is 51.1 Å². The van der Waals surface area contributed by atoms with Crippen LogP contribution in [0, 0.1) is 0 Å². The van der Waals surface area contributed by atoms with Crippen LogP contribution in [0.5, 0.6) is 0 Å². The molecule has 0 spiro atoms. The second-order valence-corrected chi connectivity index (χ2v) is 2.54. The molecule has 0 fully saturated rings. The fourth-order valence-corrected chi connectivity index (χ4v) is 0. The first-order chi connectivity index (χ1) is 8.84. The summed E-state index contributed by atoms with van der Waals surface area (Å²) in [6.45, 7) is 5.08. The standard InChI is InChI=1S/C2H8N2.4C2H4O2.Fe.Na/c3-1-2-4;4*1-2(3)4;;/h1-4H2;4*1H3,(H,3,4);;/q;;;;;+3;+1/p-4. The molecule has 0 aromatic heterocycles. The van der Waals surface area contributed by atoms with Crippen molar-refractivity contribution in [3.63, 3.8) is 0 Å². The Balaban J connectivity index is -0.0000000250. The molecule has 10 nitrogen and oxygen atoms in total. The summed E-state index contributed by atoms with van der Waals surface area (Å²) in [5, 5.41) is 35.6. The van der Waals surface area contributed by atoms with Crippen molar-refractivity contribution in [2.24, 2.45) is 11.5 Å². The molecular formula is C10H20FeN2NaO8. The van der Waals surface area contributed by atoms with Crippen molar-refractivity contribution in [2.75, 3.05) is 13.1 Å². The van der Waals surface area contributed by atoms with E-state index in [4.69, 9.17) is 51.1 Å². The van der Waals surface area contributed by atoms with Crippen LogP contribution in [0.2, 0.25) is 0 Å².